The van der Waals surface area contributed by atoms with Crippen LogP contribution in [0.15, 0.2) is 41.3 Å². The van der Waals surface area contributed by atoms with E-state index in [0.29, 0.717) is 6.61 Å². The lowest BCUT2D eigenvalue weighted by Crippen LogP contribution is -2.16. The monoisotopic (exact) mass is 346 g/mol. The summed E-state index contributed by atoms with van der Waals surface area (Å²) in [5.74, 6) is 0.750. The summed E-state index contributed by atoms with van der Waals surface area (Å²) >= 11 is 3.62. The lowest BCUT2D eigenvalue weighted by molar-refractivity contribution is 0.318. The molecule has 108 valence electrons. The number of hydrogen-bond donors (Lipinski definition) is 2. The van der Waals surface area contributed by atoms with Crippen molar-refractivity contribution < 1.29 is 4.74 Å². The number of pyridine rings is 2. The van der Waals surface area contributed by atoms with Crippen molar-refractivity contribution in [2.45, 2.75) is 0 Å². The molecule has 0 spiro atoms. The molecule has 0 unspecified atom stereocenters. The Hall–Kier alpha value is -1.92. The SMILES string of the molecule is CNCCOc1cnccc1-c1[nH]c2cccnc2c1Br. The topological polar surface area (TPSA) is 62.8 Å². The largest absolute Gasteiger partial charge is 0.490 e. The van der Waals surface area contributed by atoms with Crippen LogP contribution < -0.4 is 10.1 Å². The molecule has 3 aromatic rings. The summed E-state index contributed by atoms with van der Waals surface area (Å²) in [4.78, 5) is 11.9. The van der Waals surface area contributed by atoms with E-state index in [1.807, 2.05) is 25.2 Å². The number of likely N-dealkylation sites (N-methyl/N-ethyl adjacent to an activating group) is 1. The van der Waals surface area contributed by atoms with E-state index in [1.165, 1.54) is 0 Å². The zero-order valence-corrected chi connectivity index (χ0v) is 13.1. The molecule has 6 heteroatoms. The third-order valence-electron chi connectivity index (χ3n) is 3.16. The van der Waals surface area contributed by atoms with Gasteiger partial charge in [0.2, 0.25) is 0 Å². The Morgan fingerprint density at radius 1 is 1.33 bits per heavy atom. The summed E-state index contributed by atoms with van der Waals surface area (Å²) in [6.07, 6.45) is 5.27. The summed E-state index contributed by atoms with van der Waals surface area (Å²) in [6, 6.07) is 5.84. The van der Waals surface area contributed by atoms with E-state index in [9.17, 15) is 0 Å². The van der Waals surface area contributed by atoms with Crippen molar-refractivity contribution >= 4 is 27.0 Å². The third kappa shape index (κ3) is 2.77. The van der Waals surface area contributed by atoms with Crippen LogP contribution in [-0.4, -0.2) is 35.2 Å². The summed E-state index contributed by atoms with van der Waals surface area (Å²) < 4.78 is 6.73. The van der Waals surface area contributed by atoms with Crippen LogP contribution in [0.3, 0.4) is 0 Å². The number of nitrogens with one attached hydrogen (secondary N) is 2. The predicted octanol–water partition coefficient (Wildman–Crippen LogP) is 2.99. The summed E-state index contributed by atoms with van der Waals surface area (Å²) in [6.45, 7) is 1.37. The first kappa shape index (κ1) is 14.0. The van der Waals surface area contributed by atoms with Gasteiger partial charge in [0.25, 0.3) is 0 Å². The van der Waals surface area contributed by atoms with E-state index in [4.69, 9.17) is 4.74 Å². The Labute approximate surface area is 130 Å². The maximum absolute atomic E-state index is 5.80. The van der Waals surface area contributed by atoms with Gasteiger partial charge in [0.05, 0.1) is 21.9 Å². The van der Waals surface area contributed by atoms with E-state index in [-0.39, 0.29) is 0 Å². The Morgan fingerprint density at radius 3 is 3.05 bits per heavy atom. The van der Waals surface area contributed by atoms with Crippen LogP contribution in [0.5, 0.6) is 5.75 Å². The number of aromatic nitrogens is 3. The number of ether oxygens (including phenoxy) is 1. The second kappa shape index (κ2) is 6.24. The van der Waals surface area contributed by atoms with Crippen molar-refractivity contribution in [1.29, 1.82) is 0 Å². The molecule has 0 atom stereocenters. The van der Waals surface area contributed by atoms with Crippen LogP contribution in [0.1, 0.15) is 0 Å². The van der Waals surface area contributed by atoms with Gasteiger partial charge in [-0.05, 0) is 41.2 Å². The van der Waals surface area contributed by atoms with Crippen molar-refractivity contribution in [1.82, 2.24) is 20.3 Å². The zero-order valence-electron chi connectivity index (χ0n) is 11.6. The molecular weight excluding hydrogens is 332 g/mol. The molecule has 3 rings (SSSR count). The number of rotatable bonds is 5. The molecule has 0 aliphatic heterocycles. The molecule has 0 radical (unpaired) electrons. The number of aromatic amines is 1. The second-order valence-corrected chi connectivity index (χ2v) is 5.33. The average molecular weight is 347 g/mol. The smallest absolute Gasteiger partial charge is 0.146 e. The molecule has 2 N–H and O–H groups in total. The molecule has 0 aromatic carbocycles. The van der Waals surface area contributed by atoms with Crippen LogP contribution in [-0.2, 0) is 0 Å². The molecule has 0 amide bonds. The highest BCUT2D eigenvalue weighted by atomic mass is 79.9. The molecule has 0 saturated heterocycles. The van der Waals surface area contributed by atoms with Gasteiger partial charge in [-0.2, -0.15) is 0 Å². The third-order valence-corrected chi connectivity index (χ3v) is 3.93. The Kier molecular flexibility index (Phi) is 4.17. The average Bonchev–Trinajstić information content (AvgIpc) is 2.86. The van der Waals surface area contributed by atoms with Crippen LogP contribution >= 0.6 is 15.9 Å². The molecule has 3 aromatic heterocycles. The first-order chi connectivity index (χ1) is 10.3. The van der Waals surface area contributed by atoms with Crippen molar-refractivity contribution in [3.63, 3.8) is 0 Å². The van der Waals surface area contributed by atoms with Crippen molar-refractivity contribution in [2.24, 2.45) is 0 Å². The van der Waals surface area contributed by atoms with Gasteiger partial charge in [0, 0.05) is 24.5 Å². The fraction of sp³-hybridized carbons (Fsp3) is 0.200. The first-order valence-corrected chi connectivity index (χ1v) is 7.44. The van der Waals surface area contributed by atoms with Crippen molar-refractivity contribution in [2.75, 3.05) is 20.2 Å². The van der Waals surface area contributed by atoms with Gasteiger partial charge in [-0.3, -0.25) is 9.97 Å². The van der Waals surface area contributed by atoms with Gasteiger partial charge in [-0.1, -0.05) is 0 Å². The van der Waals surface area contributed by atoms with Gasteiger partial charge in [0.1, 0.15) is 17.9 Å². The fourth-order valence-corrected chi connectivity index (χ4v) is 2.77. The van der Waals surface area contributed by atoms with Crippen molar-refractivity contribution in [3.05, 3.63) is 41.3 Å². The number of hydrogen-bond acceptors (Lipinski definition) is 4. The van der Waals surface area contributed by atoms with Gasteiger partial charge in [0.15, 0.2) is 0 Å². The van der Waals surface area contributed by atoms with Crippen LogP contribution in [0, 0.1) is 0 Å². The summed E-state index contributed by atoms with van der Waals surface area (Å²) in [7, 11) is 1.90. The maximum atomic E-state index is 5.80. The summed E-state index contributed by atoms with van der Waals surface area (Å²) in [5, 5.41) is 3.06. The van der Waals surface area contributed by atoms with Crippen LogP contribution in [0.25, 0.3) is 22.3 Å². The minimum absolute atomic E-state index is 0.589. The Balaban J connectivity index is 2.04. The fourth-order valence-electron chi connectivity index (χ4n) is 2.14. The van der Waals surface area contributed by atoms with E-state index >= 15 is 0 Å². The molecule has 0 saturated carbocycles. The standard InChI is InChI=1S/C15H15BrN4O/c1-17-7-8-21-12-9-18-6-4-10(12)14-13(16)15-11(20-14)3-2-5-19-15/h2-6,9,17,20H,7-8H2,1H3. The van der Waals surface area contributed by atoms with Gasteiger partial charge >= 0.3 is 0 Å². The zero-order chi connectivity index (χ0) is 14.7. The highest BCUT2D eigenvalue weighted by molar-refractivity contribution is 9.10. The predicted molar refractivity (Wildman–Crippen MR) is 86.4 cm³/mol. The van der Waals surface area contributed by atoms with Crippen LogP contribution in [0.2, 0.25) is 0 Å². The first-order valence-electron chi connectivity index (χ1n) is 6.65. The molecule has 0 aliphatic carbocycles. The number of H-pyrrole nitrogens is 1. The normalized spacial score (nSPS) is 11.0. The molecule has 21 heavy (non-hydrogen) atoms. The minimum Gasteiger partial charge on any atom is -0.490 e. The number of fused-ring (bicyclic) bond motifs is 1. The lowest BCUT2D eigenvalue weighted by atomic mass is 10.2. The Bertz CT molecular complexity index is 756. The molecule has 3 heterocycles. The van der Waals surface area contributed by atoms with E-state index in [0.717, 1.165) is 39.1 Å². The number of halogens is 1. The highest BCUT2D eigenvalue weighted by Crippen LogP contribution is 2.37. The number of nitrogens with zero attached hydrogens (tertiary/aromatic N) is 2. The minimum atomic E-state index is 0.589. The summed E-state index contributed by atoms with van der Waals surface area (Å²) in [5.41, 5.74) is 3.80. The molecule has 0 fully saturated rings. The van der Waals surface area contributed by atoms with Gasteiger partial charge in [-0.25, -0.2) is 0 Å². The lowest BCUT2D eigenvalue weighted by Gasteiger charge is -2.10. The second-order valence-electron chi connectivity index (χ2n) is 4.54. The molecule has 0 aliphatic rings. The molecular formula is C15H15BrN4O. The van der Waals surface area contributed by atoms with E-state index in [1.54, 1.807) is 18.6 Å². The molecule has 5 nitrogen and oxygen atoms in total. The quantitative estimate of drug-likeness (QED) is 0.697. The van der Waals surface area contributed by atoms with Gasteiger partial charge in [-0.15, -0.1) is 0 Å². The maximum Gasteiger partial charge on any atom is 0.146 e. The van der Waals surface area contributed by atoms with Gasteiger partial charge < -0.3 is 15.0 Å². The van der Waals surface area contributed by atoms with E-state index in [2.05, 4.69) is 36.2 Å². The van der Waals surface area contributed by atoms with Crippen molar-refractivity contribution in [3.8, 4) is 17.0 Å². The molecule has 0 bridgehead atoms. The Morgan fingerprint density at radius 2 is 2.24 bits per heavy atom. The van der Waals surface area contributed by atoms with Crippen LogP contribution in [0.4, 0.5) is 0 Å². The van der Waals surface area contributed by atoms with E-state index < -0.39 is 0 Å². The highest BCUT2D eigenvalue weighted by Gasteiger charge is 2.15.